The average Bonchev–Trinajstić information content (AvgIpc) is 3.07. The van der Waals surface area contributed by atoms with Gasteiger partial charge in [0, 0.05) is 17.3 Å². The van der Waals surface area contributed by atoms with Gasteiger partial charge in [0.25, 0.3) is 5.91 Å². The molecular formula is C12H10N4O2S. The van der Waals surface area contributed by atoms with Crippen LogP contribution in [0.5, 0.6) is 0 Å². The summed E-state index contributed by atoms with van der Waals surface area (Å²) in [7, 11) is 0. The third-order valence-corrected chi connectivity index (χ3v) is 3.27. The number of furan rings is 1. The number of carbonyl (C=O) groups excluding carboxylic acids is 1. The average molecular weight is 274 g/mol. The van der Waals surface area contributed by atoms with E-state index in [-0.39, 0.29) is 5.91 Å². The summed E-state index contributed by atoms with van der Waals surface area (Å²) in [5, 5.41) is 12.0. The van der Waals surface area contributed by atoms with Crippen LogP contribution in [0.3, 0.4) is 0 Å². The Hall–Kier alpha value is -2.41. The van der Waals surface area contributed by atoms with Crippen molar-refractivity contribution in [2.45, 2.75) is 6.92 Å². The molecule has 19 heavy (non-hydrogen) atoms. The molecule has 2 N–H and O–H groups in total. The van der Waals surface area contributed by atoms with Gasteiger partial charge in [-0.2, -0.15) is 5.10 Å². The Morgan fingerprint density at radius 1 is 1.53 bits per heavy atom. The summed E-state index contributed by atoms with van der Waals surface area (Å²) in [6.07, 6.45) is 3.18. The number of rotatable bonds is 3. The van der Waals surface area contributed by atoms with Gasteiger partial charge in [-0.05, 0) is 19.1 Å². The van der Waals surface area contributed by atoms with Crippen molar-refractivity contribution in [3.8, 4) is 11.5 Å². The van der Waals surface area contributed by atoms with E-state index >= 15 is 0 Å². The molecule has 0 bridgehead atoms. The van der Waals surface area contributed by atoms with Gasteiger partial charge in [0.05, 0.1) is 11.8 Å². The van der Waals surface area contributed by atoms with Gasteiger partial charge in [-0.15, -0.1) is 11.3 Å². The van der Waals surface area contributed by atoms with Crippen LogP contribution in [0, 0.1) is 6.92 Å². The monoisotopic (exact) mass is 274 g/mol. The molecule has 6 nitrogen and oxygen atoms in total. The van der Waals surface area contributed by atoms with Crippen LogP contribution in [0.4, 0.5) is 5.13 Å². The minimum absolute atomic E-state index is 0.257. The van der Waals surface area contributed by atoms with Crippen molar-refractivity contribution in [1.82, 2.24) is 15.2 Å². The van der Waals surface area contributed by atoms with Gasteiger partial charge in [0.2, 0.25) is 0 Å². The zero-order valence-electron chi connectivity index (χ0n) is 10.0. The summed E-state index contributed by atoms with van der Waals surface area (Å²) in [5.74, 6) is 0.293. The van der Waals surface area contributed by atoms with Crippen LogP contribution in [0.25, 0.3) is 11.5 Å². The van der Waals surface area contributed by atoms with E-state index in [2.05, 4.69) is 20.5 Å². The molecule has 1 amide bonds. The lowest BCUT2D eigenvalue weighted by molar-refractivity contribution is 0.102. The summed E-state index contributed by atoms with van der Waals surface area (Å²) < 4.78 is 5.28. The molecule has 0 radical (unpaired) electrons. The molecule has 0 atom stereocenters. The number of aryl methyl sites for hydroxylation is 1. The summed E-state index contributed by atoms with van der Waals surface area (Å²) in [6, 6.07) is 3.51. The van der Waals surface area contributed by atoms with Crippen molar-refractivity contribution in [2.24, 2.45) is 0 Å². The maximum absolute atomic E-state index is 12.3. The highest BCUT2D eigenvalue weighted by molar-refractivity contribution is 7.13. The van der Waals surface area contributed by atoms with Crippen molar-refractivity contribution in [1.29, 1.82) is 0 Å². The number of thiazole rings is 1. The number of hydrogen-bond acceptors (Lipinski definition) is 5. The van der Waals surface area contributed by atoms with Crippen LogP contribution in [-0.2, 0) is 0 Å². The van der Waals surface area contributed by atoms with Crippen LogP contribution in [0.2, 0.25) is 0 Å². The summed E-state index contributed by atoms with van der Waals surface area (Å²) >= 11 is 1.36. The Kier molecular flexibility index (Phi) is 2.88. The number of hydrogen-bond donors (Lipinski definition) is 2. The molecule has 0 aliphatic rings. The first-order valence-electron chi connectivity index (χ1n) is 5.55. The number of nitrogens with zero attached hydrogens (tertiary/aromatic N) is 2. The van der Waals surface area contributed by atoms with Gasteiger partial charge in [-0.3, -0.25) is 15.2 Å². The molecule has 0 fully saturated rings. The first-order valence-corrected chi connectivity index (χ1v) is 6.43. The Morgan fingerprint density at radius 2 is 2.42 bits per heavy atom. The largest absolute Gasteiger partial charge is 0.463 e. The molecule has 3 heterocycles. The van der Waals surface area contributed by atoms with E-state index in [1.165, 1.54) is 11.3 Å². The van der Waals surface area contributed by atoms with Crippen molar-refractivity contribution in [3.63, 3.8) is 0 Å². The molecule has 0 unspecified atom stereocenters. The van der Waals surface area contributed by atoms with E-state index < -0.39 is 0 Å². The number of aromatic nitrogens is 3. The highest BCUT2D eigenvalue weighted by Crippen LogP contribution is 2.25. The fourth-order valence-electron chi connectivity index (χ4n) is 1.74. The molecule has 3 aromatic heterocycles. The van der Waals surface area contributed by atoms with Crippen molar-refractivity contribution in [2.75, 3.05) is 5.32 Å². The summed E-state index contributed by atoms with van der Waals surface area (Å²) in [5.41, 5.74) is 1.64. The molecule has 7 heteroatoms. The molecule has 0 aromatic carbocycles. The highest BCUT2D eigenvalue weighted by atomic mass is 32.1. The predicted molar refractivity (Wildman–Crippen MR) is 71.1 cm³/mol. The second-order valence-electron chi connectivity index (χ2n) is 3.84. The Bertz CT molecular complexity index is 685. The first kappa shape index (κ1) is 11.7. The minimum Gasteiger partial charge on any atom is -0.463 e. The zero-order chi connectivity index (χ0) is 13.2. The van der Waals surface area contributed by atoms with Gasteiger partial charge in [0.1, 0.15) is 5.69 Å². The predicted octanol–water partition coefficient (Wildman–Crippen LogP) is 2.69. The van der Waals surface area contributed by atoms with Crippen LogP contribution in [-0.4, -0.2) is 21.1 Å². The van der Waals surface area contributed by atoms with Crippen LogP contribution < -0.4 is 5.32 Å². The van der Waals surface area contributed by atoms with Crippen molar-refractivity contribution >= 4 is 22.4 Å². The number of anilines is 1. The number of aromatic amines is 1. The maximum Gasteiger partial charge on any atom is 0.261 e. The summed E-state index contributed by atoms with van der Waals surface area (Å²) in [6.45, 7) is 1.79. The topological polar surface area (TPSA) is 83.8 Å². The lowest BCUT2D eigenvalue weighted by Crippen LogP contribution is -2.13. The third-order valence-electron chi connectivity index (χ3n) is 2.58. The Balaban J connectivity index is 1.96. The SMILES string of the molecule is Cc1[nH]nc(-c2ccco2)c1C(=O)Nc1nccs1. The van der Waals surface area contributed by atoms with E-state index in [0.717, 1.165) is 0 Å². The molecule has 0 aliphatic heterocycles. The fourth-order valence-corrected chi connectivity index (χ4v) is 2.27. The number of nitrogens with one attached hydrogen (secondary N) is 2. The fraction of sp³-hybridized carbons (Fsp3) is 0.0833. The van der Waals surface area contributed by atoms with Gasteiger partial charge < -0.3 is 4.42 Å². The quantitative estimate of drug-likeness (QED) is 0.769. The lowest BCUT2D eigenvalue weighted by atomic mass is 10.1. The first-order chi connectivity index (χ1) is 9.25. The van der Waals surface area contributed by atoms with E-state index in [0.29, 0.717) is 27.8 Å². The Morgan fingerprint density at radius 3 is 3.11 bits per heavy atom. The van der Waals surface area contributed by atoms with Crippen molar-refractivity contribution in [3.05, 3.63) is 41.2 Å². The van der Waals surface area contributed by atoms with E-state index in [9.17, 15) is 4.79 Å². The Labute approximate surface area is 112 Å². The normalized spacial score (nSPS) is 10.6. The molecule has 0 saturated heterocycles. The standard InChI is InChI=1S/C12H10N4O2S/c1-7-9(11(17)14-12-13-4-6-19-12)10(16-15-7)8-3-2-5-18-8/h2-6H,1H3,(H,15,16)(H,13,14,17). The molecule has 3 rings (SSSR count). The summed E-state index contributed by atoms with van der Waals surface area (Å²) in [4.78, 5) is 16.3. The minimum atomic E-state index is -0.257. The number of H-pyrrole nitrogens is 1. The van der Waals surface area contributed by atoms with Gasteiger partial charge >= 0.3 is 0 Å². The van der Waals surface area contributed by atoms with Crippen LogP contribution in [0.1, 0.15) is 16.1 Å². The number of amides is 1. The van der Waals surface area contributed by atoms with Gasteiger partial charge in [0.15, 0.2) is 10.9 Å². The van der Waals surface area contributed by atoms with Crippen LogP contribution in [0.15, 0.2) is 34.4 Å². The zero-order valence-corrected chi connectivity index (χ0v) is 10.8. The van der Waals surface area contributed by atoms with Gasteiger partial charge in [-0.1, -0.05) is 0 Å². The second-order valence-corrected chi connectivity index (χ2v) is 4.74. The number of carbonyl (C=O) groups is 1. The maximum atomic E-state index is 12.3. The molecule has 0 aliphatic carbocycles. The second kappa shape index (κ2) is 4.69. The van der Waals surface area contributed by atoms with E-state index in [1.807, 2.05) is 0 Å². The van der Waals surface area contributed by atoms with Gasteiger partial charge in [-0.25, -0.2) is 4.98 Å². The van der Waals surface area contributed by atoms with Crippen molar-refractivity contribution < 1.29 is 9.21 Å². The van der Waals surface area contributed by atoms with Crippen LogP contribution >= 0.6 is 11.3 Å². The molecule has 96 valence electrons. The highest BCUT2D eigenvalue weighted by Gasteiger charge is 2.21. The smallest absolute Gasteiger partial charge is 0.261 e. The third kappa shape index (κ3) is 2.15. The van der Waals surface area contributed by atoms with E-state index in [1.54, 1.807) is 36.9 Å². The molecular weight excluding hydrogens is 264 g/mol. The molecule has 0 saturated carbocycles. The molecule has 3 aromatic rings. The van der Waals surface area contributed by atoms with E-state index in [4.69, 9.17) is 4.42 Å². The lowest BCUT2D eigenvalue weighted by Gasteiger charge is -2.02. The molecule has 0 spiro atoms.